The summed E-state index contributed by atoms with van der Waals surface area (Å²) in [5.41, 5.74) is 8.75. The lowest BCUT2D eigenvalue weighted by atomic mass is 10.1. The zero-order valence-electron chi connectivity index (χ0n) is 7.90. The monoisotopic (exact) mass is 205 g/mol. The first kappa shape index (κ1) is 9.15. The van der Waals surface area contributed by atoms with Crippen molar-refractivity contribution >= 4 is 17.2 Å². The summed E-state index contributed by atoms with van der Waals surface area (Å²) < 4.78 is 4.22. The Morgan fingerprint density at radius 3 is 3.00 bits per heavy atom. The first-order chi connectivity index (χ1) is 6.75. The highest BCUT2D eigenvalue weighted by Gasteiger charge is 2.03. The molecule has 0 spiro atoms. The number of hydrogen-bond acceptors (Lipinski definition) is 4. The number of nitrogens with zero attached hydrogens (tertiary/aromatic N) is 2. The summed E-state index contributed by atoms with van der Waals surface area (Å²) in [5.74, 6) is 0. The largest absolute Gasteiger partial charge is 0.398 e. The van der Waals surface area contributed by atoms with Gasteiger partial charge in [-0.15, -0.1) is 0 Å². The molecule has 2 N–H and O–H groups in total. The standard InChI is InChI=1S/C10H11N3S/c1-7-4-9(14-13-7)5-8-6-12-3-2-10(8)11/h2-4,6H,5H2,1H3,(H2,11,12). The Hall–Kier alpha value is -1.42. The molecule has 3 nitrogen and oxygen atoms in total. The van der Waals surface area contributed by atoms with Crippen molar-refractivity contribution in [1.29, 1.82) is 0 Å². The van der Waals surface area contributed by atoms with Crippen LogP contribution in [0.15, 0.2) is 24.5 Å². The molecular formula is C10H11N3S. The van der Waals surface area contributed by atoms with Crippen molar-refractivity contribution in [3.05, 3.63) is 40.7 Å². The smallest absolute Gasteiger partial charge is 0.0514 e. The van der Waals surface area contributed by atoms with E-state index in [1.165, 1.54) is 16.4 Å². The molecule has 4 heteroatoms. The normalized spacial score (nSPS) is 10.4. The van der Waals surface area contributed by atoms with Crippen molar-refractivity contribution in [2.24, 2.45) is 0 Å². The van der Waals surface area contributed by atoms with Crippen molar-refractivity contribution in [3.8, 4) is 0 Å². The quantitative estimate of drug-likeness (QED) is 0.816. The van der Waals surface area contributed by atoms with E-state index in [1.54, 1.807) is 6.20 Å². The van der Waals surface area contributed by atoms with E-state index in [1.807, 2.05) is 19.2 Å². The van der Waals surface area contributed by atoms with Crippen LogP contribution in [0.2, 0.25) is 0 Å². The van der Waals surface area contributed by atoms with Crippen LogP contribution in [0.5, 0.6) is 0 Å². The van der Waals surface area contributed by atoms with Gasteiger partial charge in [0.05, 0.1) is 5.69 Å². The third kappa shape index (κ3) is 1.90. The summed E-state index contributed by atoms with van der Waals surface area (Å²) in [6.07, 6.45) is 4.34. The average molecular weight is 205 g/mol. The van der Waals surface area contributed by atoms with Crippen LogP contribution in [0, 0.1) is 6.92 Å². The minimum absolute atomic E-state index is 0.797. The molecule has 0 aliphatic heterocycles. The Balaban J connectivity index is 2.23. The van der Waals surface area contributed by atoms with Crippen LogP contribution in [-0.4, -0.2) is 9.36 Å². The van der Waals surface area contributed by atoms with Crippen LogP contribution in [0.25, 0.3) is 0 Å². The zero-order chi connectivity index (χ0) is 9.97. The van der Waals surface area contributed by atoms with Crippen LogP contribution in [-0.2, 0) is 6.42 Å². The molecule has 2 rings (SSSR count). The predicted molar refractivity (Wildman–Crippen MR) is 58.3 cm³/mol. The SMILES string of the molecule is Cc1cc(Cc2cnccc2N)sn1. The Morgan fingerprint density at radius 2 is 2.36 bits per heavy atom. The van der Waals surface area contributed by atoms with E-state index in [0.29, 0.717) is 0 Å². The first-order valence-electron chi connectivity index (χ1n) is 4.36. The van der Waals surface area contributed by atoms with Gasteiger partial charge in [0.25, 0.3) is 0 Å². The van der Waals surface area contributed by atoms with Gasteiger partial charge in [-0.2, -0.15) is 4.37 Å². The van der Waals surface area contributed by atoms with Crippen LogP contribution in [0.4, 0.5) is 5.69 Å². The highest BCUT2D eigenvalue weighted by molar-refractivity contribution is 7.05. The minimum Gasteiger partial charge on any atom is -0.398 e. The van der Waals surface area contributed by atoms with E-state index >= 15 is 0 Å². The molecule has 2 heterocycles. The molecule has 0 saturated heterocycles. The summed E-state index contributed by atoms with van der Waals surface area (Å²) in [6, 6.07) is 3.90. The van der Waals surface area contributed by atoms with E-state index in [4.69, 9.17) is 5.73 Å². The molecule has 0 aromatic carbocycles. The molecule has 0 atom stereocenters. The molecule has 0 unspecified atom stereocenters. The minimum atomic E-state index is 0.797. The van der Waals surface area contributed by atoms with Crippen molar-refractivity contribution in [3.63, 3.8) is 0 Å². The summed E-state index contributed by atoms with van der Waals surface area (Å²) in [4.78, 5) is 5.28. The van der Waals surface area contributed by atoms with E-state index in [2.05, 4.69) is 15.4 Å². The van der Waals surface area contributed by atoms with Gasteiger partial charge in [-0.3, -0.25) is 4.98 Å². The molecule has 0 bridgehead atoms. The summed E-state index contributed by atoms with van der Waals surface area (Å²) in [5, 5.41) is 0. The Bertz CT molecular complexity index is 436. The van der Waals surface area contributed by atoms with Gasteiger partial charge in [0.2, 0.25) is 0 Å². The second kappa shape index (κ2) is 3.75. The van der Waals surface area contributed by atoms with Crippen LogP contribution >= 0.6 is 11.5 Å². The molecule has 72 valence electrons. The maximum atomic E-state index is 5.82. The fraction of sp³-hybridized carbons (Fsp3) is 0.200. The Labute approximate surface area is 86.8 Å². The lowest BCUT2D eigenvalue weighted by molar-refractivity contribution is 1.18. The third-order valence-electron chi connectivity index (χ3n) is 1.98. The second-order valence-corrected chi connectivity index (χ2v) is 4.08. The molecule has 0 fully saturated rings. The Morgan fingerprint density at radius 1 is 1.50 bits per heavy atom. The van der Waals surface area contributed by atoms with Crippen molar-refractivity contribution < 1.29 is 0 Å². The number of anilines is 1. The first-order valence-corrected chi connectivity index (χ1v) is 5.13. The van der Waals surface area contributed by atoms with Gasteiger partial charge in [0.15, 0.2) is 0 Å². The fourth-order valence-electron chi connectivity index (χ4n) is 1.27. The molecule has 0 radical (unpaired) electrons. The maximum absolute atomic E-state index is 5.82. The summed E-state index contributed by atoms with van der Waals surface area (Å²) in [6.45, 7) is 1.99. The molecular weight excluding hydrogens is 194 g/mol. The van der Waals surface area contributed by atoms with Gasteiger partial charge in [-0.25, -0.2) is 0 Å². The van der Waals surface area contributed by atoms with Gasteiger partial charge in [0.1, 0.15) is 0 Å². The molecule has 2 aromatic rings. The topological polar surface area (TPSA) is 51.8 Å². The number of aryl methyl sites for hydroxylation is 1. The molecule has 0 amide bonds. The molecule has 14 heavy (non-hydrogen) atoms. The number of pyridine rings is 1. The molecule has 0 aliphatic rings. The lowest BCUT2D eigenvalue weighted by Gasteiger charge is -2.01. The maximum Gasteiger partial charge on any atom is 0.0514 e. The van der Waals surface area contributed by atoms with Gasteiger partial charge in [-0.1, -0.05) is 0 Å². The highest BCUT2D eigenvalue weighted by atomic mass is 32.1. The van der Waals surface area contributed by atoms with Gasteiger partial charge in [-0.05, 0) is 36.2 Å². The van der Waals surface area contributed by atoms with Crippen molar-refractivity contribution in [2.45, 2.75) is 13.3 Å². The van der Waals surface area contributed by atoms with E-state index in [9.17, 15) is 0 Å². The lowest BCUT2D eigenvalue weighted by Crippen LogP contribution is -1.94. The van der Waals surface area contributed by atoms with Crippen molar-refractivity contribution in [1.82, 2.24) is 9.36 Å². The molecule has 2 aromatic heterocycles. The highest BCUT2D eigenvalue weighted by Crippen LogP contribution is 2.18. The number of hydrogen-bond donors (Lipinski definition) is 1. The van der Waals surface area contributed by atoms with E-state index in [0.717, 1.165) is 23.4 Å². The summed E-state index contributed by atoms with van der Waals surface area (Å²) >= 11 is 1.52. The average Bonchev–Trinajstić information content (AvgIpc) is 2.56. The molecule has 0 aliphatic carbocycles. The number of aromatic nitrogens is 2. The fourth-order valence-corrected chi connectivity index (χ4v) is 2.03. The van der Waals surface area contributed by atoms with Crippen molar-refractivity contribution in [2.75, 3.05) is 5.73 Å². The second-order valence-electron chi connectivity index (χ2n) is 3.19. The zero-order valence-corrected chi connectivity index (χ0v) is 8.71. The number of rotatable bonds is 2. The van der Waals surface area contributed by atoms with Gasteiger partial charge < -0.3 is 5.73 Å². The Kier molecular flexibility index (Phi) is 2.45. The molecule has 0 saturated carbocycles. The number of nitrogens with two attached hydrogens (primary N) is 1. The van der Waals surface area contributed by atoms with Crippen LogP contribution in [0.3, 0.4) is 0 Å². The van der Waals surface area contributed by atoms with E-state index < -0.39 is 0 Å². The van der Waals surface area contributed by atoms with Crippen LogP contribution in [0.1, 0.15) is 16.1 Å². The van der Waals surface area contributed by atoms with Gasteiger partial charge in [0, 0.05) is 29.4 Å². The third-order valence-corrected chi connectivity index (χ3v) is 2.86. The van der Waals surface area contributed by atoms with Gasteiger partial charge >= 0.3 is 0 Å². The number of nitrogen functional groups attached to an aromatic ring is 1. The van der Waals surface area contributed by atoms with E-state index in [-0.39, 0.29) is 0 Å². The predicted octanol–water partition coefficient (Wildman–Crippen LogP) is 2.02. The summed E-state index contributed by atoms with van der Waals surface area (Å²) in [7, 11) is 0. The van der Waals surface area contributed by atoms with Crippen LogP contribution < -0.4 is 5.73 Å².